The average Bonchev–Trinajstić information content (AvgIpc) is 3.95. The molecule has 0 fully saturated rings. The SMILES string of the molecule is c1ccc(-c2ccccc2-c2ccccc2-c2ccccc2N(c2ccc(-c3ccc4c(c3)oc3ccccc34)cc2)c2cccc3c2-c2ccccc2C32c3ccccc3Oc3ccccc32)cc1. The Kier molecular flexibility index (Phi) is 9.11. The molecular formula is C67H43NO2. The molecule has 1 aliphatic heterocycles. The van der Waals surface area contributed by atoms with Crippen molar-refractivity contribution in [1.82, 2.24) is 0 Å². The lowest BCUT2D eigenvalue weighted by atomic mass is 9.66. The number of hydrogen-bond donors (Lipinski definition) is 0. The summed E-state index contributed by atoms with van der Waals surface area (Å²) in [4.78, 5) is 2.49. The van der Waals surface area contributed by atoms with E-state index in [0.717, 1.165) is 83.9 Å². The topological polar surface area (TPSA) is 25.6 Å². The van der Waals surface area contributed by atoms with Crippen LogP contribution in [0.25, 0.3) is 77.6 Å². The maximum atomic E-state index is 6.73. The molecule has 12 aromatic rings. The average molecular weight is 894 g/mol. The van der Waals surface area contributed by atoms with Crippen LogP contribution in [0.2, 0.25) is 0 Å². The number of anilines is 3. The van der Waals surface area contributed by atoms with Crippen LogP contribution < -0.4 is 9.64 Å². The highest BCUT2D eigenvalue weighted by Crippen LogP contribution is 2.64. The number of hydrogen-bond acceptors (Lipinski definition) is 3. The van der Waals surface area contributed by atoms with Gasteiger partial charge >= 0.3 is 0 Å². The van der Waals surface area contributed by atoms with Crippen molar-refractivity contribution in [2.45, 2.75) is 5.41 Å². The van der Waals surface area contributed by atoms with Crippen LogP contribution >= 0.6 is 0 Å². The normalized spacial score (nSPS) is 12.8. The van der Waals surface area contributed by atoms with Gasteiger partial charge in [0.25, 0.3) is 0 Å². The van der Waals surface area contributed by atoms with Gasteiger partial charge in [0.05, 0.1) is 16.8 Å². The van der Waals surface area contributed by atoms with Gasteiger partial charge in [0.1, 0.15) is 22.7 Å². The lowest BCUT2D eigenvalue weighted by molar-refractivity contribution is 0.436. The number of para-hydroxylation sites is 4. The minimum atomic E-state index is -0.620. The van der Waals surface area contributed by atoms with Crippen molar-refractivity contribution in [1.29, 1.82) is 0 Å². The Morgan fingerprint density at radius 3 is 1.56 bits per heavy atom. The predicted octanol–water partition coefficient (Wildman–Crippen LogP) is 18.2. The van der Waals surface area contributed by atoms with Crippen molar-refractivity contribution in [3.63, 3.8) is 0 Å². The lowest BCUT2D eigenvalue weighted by Crippen LogP contribution is -2.32. The van der Waals surface area contributed by atoms with E-state index in [1.807, 2.05) is 12.1 Å². The second kappa shape index (κ2) is 16.0. The van der Waals surface area contributed by atoms with E-state index in [1.165, 1.54) is 44.5 Å². The molecule has 0 radical (unpaired) electrons. The molecule has 3 nitrogen and oxygen atoms in total. The molecule has 0 N–H and O–H groups in total. The van der Waals surface area contributed by atoms with Crippen molar-refractivity contribution < 1.29 is 9.15 Å². The molecule has 0 unspecified atom stereocenters. The Balaban J connectivity index is 1.01. The summed E-state index contributed by atoms with van der Waals surface area (Å²) >= 11 is 0. The molecule has 11 aromatic carbocycles. The third-order valence-electron chi connectivity index (χ3n) is 14.6. The third-order valence-corrected chi connectivity index (χ3v) is 14.6. The number of nitrogens with zero attached hydrogens (tertiary/aromatic N) is 1. The molecule has 2 heterocycles. The summed E-state index contributed by atoms with van der Waals surface area (Å²) < 4.78 is 13.1. The van der Waals surface area contributed by atoms with Gasteiger partial charge in [0.15, 0.2) is 0 Å². The van der Waals surface area contributed by atoms with Crippen LogP contribution in [0, 0.1) is 0 Å². The number of fused-ring (bicyclic) bond motifs is 12. The third kappa shape index (κ3) is 6.01. The van der Waals surface area contributed by atoms with Gasteiger partial charge in [-0.1, -0.05) is 206 Å². The minimum Gasteiger partial charge on any atom is -0.457 e. The Morgan fingerprint density at radius 1 is 0.300 bits per heavy atom. The highest BCUT2D eigenvalue weighted by atomic mass is 16.5. The minimum absolute atomic E-state index is 0.620. The maximum Gasteiger partial charge on any atom is 0.136 e. The van der Waals surface area contributed by atoms with Gasteiger partial charge in [-0.05, 0) is 110 Å². The fourth-order valence-corrected chi connectivity index (χ4v) is 11.6. The van der Waals surface area contributed by atoms with E-state index < -0.39 is 5.41 Å². The highest BCUT2D eigenvalue weighted by molar-refractivity contribution is 6.06. The van der Waals surface area contributed by atoms with Crippen molar-refractivity contribution in [2.24, 2.45) is 0 Å². The van der Waals surface area contributed by atoms with Crippen LogP contribution in [-0.4, -0.2) is 0 Å². The molecule has 1 spiro atoms. The van der Waals surface area contributed by atoms with Gasteiger partial charge in [0, 0.05) is 38.7 Å². The van der Waals surface area contributed by atoms with E-state index >= 15 is 0 Å². The van der Waals surface area contributed by atoms with Gasteiger partial charge in [-0.15, -0.1) is 0 Å². The number of rotatable bonds is 7. The molecule has 328 valence electrons. The zero-order valence-electron chi connectivity index (χ0n) is 38.1. The van der Waals surface area contributed by atoms with Crippen molar-refractivity contribution in [3.8, 4) is 67.1 Å². The Labute approximate surface area is 406 Å². The Morgan fingerprint density at radius 2 is 0.814 bits per heavy atom. The zero-order valence-corrected chi connectivity index (χ0v) is 38.1. The summed E-state index contributed by atoms with van der Waals surface area (Å²) in [5.74, 6) is 1.75. The van der Waals surface area contributed by atoms with Crippen molar-refractivity contribution in [2.75, 3.05) is 4.90 Å². The van der Waals surface area contributed by atoms with Crippen molar-refractivity contribution in [3.05, 3.63) is 283 Å². The molecule has 1 aromatic heterocycles. The fourth-order valence-electron chi connectivity index (χ4n) is 11.6. The smallest absolute Gasteiger partial charge is 0.136 e. The second-order valence-corrected chi connectivity index (χ2v) is 18.3. The van der Waals surface area contributed by atoms with Gasteiger partial charge in [-0.25, -0.2) is 0 Å². The van der Waals surface area contributed by atoms with Gasteiger partial charge in [-0.2, -0.15) is 0 Å². The van der Waals surface area contributed by atoms with Crippen LogP contribution in [-0.2, 0) is 5.41 Å². The van der Waals surface area contributed by atoms with E-state index in [4.69, 9.17) is 9.15 Å². The molecule has 2 aliphatic rings. The summed E-state index contributed by atoms with van der Waals surface area (Å²) in [6.07, 6.45) is 0. The molecule has 3 heteroatoms. The van der Waals surface area contributed by atoms with Crippen molar-refractivity contribution >= 4 is 39.0 Å². The largest absolute Gasteiger partial charge is 0.457 e. The van der Waals surface area contributed by atoms with E-state index in [2.05, 4.69) is 254 Å². The van der Waals surface area contributed by atoms with E-state index in [9.17, 15) is 0 Å². The van der Waals surface area contributed by atoms with Crippen LogP contribution in [0.5, 0.6) is 11.5 Å². The summed E-state index contributed by atoms with van der Waals surface area (Å²) in [5, 5.41) is 2.25. The van der Waals surface area contributed by atoms with Crippen LogP contribution in [0.1, 0.15) is 22.3 Å². The molecule has 70 heavy (non-hydrogen) atoms. The second-order valence-electron chi connectivity index (χ2n) is 18.3. The lowest BCUT2D eigenvalue weighted by Gasteiger charge is -2.39. The summed E-state index contributed by atoms with van der Waals surface area (Å²) in [5.41, 5.74) is 20.7. The molecular weight excluding hydrogens is 851 g/mol. The van der Waals surface area contributed by atoms with Gasteiger partial charge < -0.3 is 14.1 Å². The Hall–Kier alpha value is -9.18. The molecule has 0 saturated carbocycles. The molecule has 0 atom stereocenters. The van der Waals surface area contributed by atoms with Crippen LogP contribution in [0.15, 0.2) is 265 Å². The maximum absolute atomic E-state index is 6.73. The number of furan rings is 1. The van der Waals surface area contributed by atoms with Crippen LogP contribution in [0.4, 0.5) is 17.1 Å². The van der Waals surface area contributed by atoms with E-state index in [-0.39, 0.29) is 0 Å². The monoisotopic (exact) mass is 893 g/mol. The summed E-state index contributed by atoms with van der Waals surface area (Å²) in [6.45, 7) is 0. The first kappa shape index (κ1) is 39.9. The molecule has 0 amide bonds. The van der Waals surface area contributed by atoms with Crippen LogP contribution in [0.3, 0.4) is 0 Å². The van der Waals surface area contributed by atoms with E-state index in [0.29, 0.717) is 0 Å². The molecule has 0 bridgehead atoms. The number of ether oxygens (including phenoxy) is 1. The predicted molar refractivity (Wildman–Crippen MR) is 288 cm³/mol. The molecule has 14 rings (SSSR count). The first-order chi connectivity index (χ1) is 34.7. The molecule has 0 saturated heterocycles. The summed E-state index contributed by atoms with van der Waals surface area (Å²) in [6, 6.07) is 94.2. The first-order valence-corrected chi connectivity index (χ1v) is 24.0. The zero-order chi connectivity index (χ0) is 46.2. The number of benzene rings is 11. The molecule has 1 aliphatic carbocycles. The van der Waals surface area contributed by atoms with Gasteiger partial charge in [-0.3, -0.25) is 0 Å². The first-order valence-electron chi connectivity index (χ1n) is 24.0. The Bertz CT molecular complexity index is 3950. The quantitative estimate of drug-likeness (QED) is 0.159. The van der Waals surface area contributed by atoms with E-state index in [1.54, 1.807) is 0 Å². The van der Waals surface area contributed by atoms with Gasteiger partial charge in [0.2, 0.25) is 0 Å². The highest BCUT2D eigenvalue weighted by Gasteiger charge is 2.52. The fraction of sp³-hybridized carbons (Fsp3) is 0.0149. The summed E-state index contributed by atoms with van der Waals surface area (Å²) in [7, 11) is 0. The standard InChI is InChI=1S/C67H43NO2/c1-2-19-45(20-3-1)48-21-4-5-22-49(48)50-23-6-7-24-51(50)52-25-9-14-32-60(52)68(47-40-37-44(38-41-47)46-39-42-54-53-26-10-15-34-62(53)69-65(54)43-46)61-33-18-31-59-66(61)55-27-8-11-28-56(55)67(59)57-29-12-16-35-63(57)70-64-36-17-13-30-58(64)67/h1-43H.